The topological polar surface area (TPSA) is 95.5 Å². The minimum Gasteiger partial charge on any atom is -0.493 e. The minimum atomic E-state index is -0.600. The number of amides is 1. The second-order valence-electron chi connectivity index (χ2n) is 6.68. The van der Waals surface area contributed by atoms with Crippen molar-refractivity contribution in [2.24, 2.45) is 5.10 Å². The number of rotatable bonds is 9. The summed E-state index contributed by atoms with van der Waals surface area (Å²) in [7, 11) is 2.98. The van der Waals surface area contributed by atoms with Gasteiger partial charge in [0.15, 0.2) is 18.1 Å². The second-order valence-corrected chi connectivity index (χ2v) is 8.03. The number of ether oxygens (including phenoxy) is 4. The number of carbonyl (C=O) groups is 2. The van der Waals surface area contributed by atoms with Crippen molar-refractivity contribution in [3.63, 3.8) is 0 Å². The zero-order chi connectivity index (χ0) is 24.5. The van der Waals surface area contributed by atoms with Crippen LogP contribution in [0.5, 0.6) is 23.0 Å². The van der Waals surface area contributed by atoms with Gasteiger partial charge in [0.05, 0.1) is 26.0 Å². The number of halogens is 2. The Morgan fingerprint density at radius 2 is 1.76 bits per heavy atom. The number of nitrogens with one attached hydrogen (secondary N) is 1. The van der Waals surface area contributed by atoms with Crippen LogP contribution in [0.15, 0.2) is 70.2 Å². The first kappa shape index (κ1) is 25.1. The third-order valence-electron chi connectivity index (χ3n) is 4.35. The van der Waals surface area contributed by atoms with Gasteiger partial charge in [-0.25, -0.2) is 10.2 Å². The van der Waals surface area contributed by atoms with E-state index in [4.69, 9.17) is 30.5 Å². The molecule has 10 heteroatoms. The van der Waals surface area contributed by atoms with Gasteiger partial charge in [-0.2, -0.15) is 5.10 Å². The first-order valence-corrected chi connectivity index (χ1v) is 11.0. The van der Waals surface area contributed by atoms with E-state index in [1.54, 1.807) is 54.6 Å². The van der Waals surface area contributed by atoms with Crippen LogP contribution in [0.2, 0.25) is 5.02 Å². The van der Waals surface area contributed by atoms with Crippen LogP contribution in [0.4, 0.5) is 0 Å². The molecule has 8 nitrogen and oxygen atoms in total. The van der Waals surface area contributed by atoms with Gasteiger partial charge in [-0.1, -0.05) is 33.6 Å². The van der Waals surface area contributed by atoms with E-state index in [1.807, 2.05) is 0 Å². The number of nitrogens with zero attached hydrogens (tertiary/aromatic N) is 1. The van der Waals surface area contributed by atoms with Crippen LogP contribution < -0.4 is 24.4 Å². The molecule has 0 bridgehead atoms. The SMILES string of the molecule is COc1ccc(C(=O)Oc2ccc(Br)cc2/C=N/NC(=O)COc2cccc(Cl)c2)cc1OC. The van der Waals surface area contributed by atoms with Crippen molar-refractivity contribution in [1.82, 2.24) is 5.43 Å². The van der Waals surface area contributed by atoms with Gasteiger partial charge in [0.25, 0.3) is 5.91 Å². The molecule has 0 saturated carbocycles. The van der Waals surface area contributed by atoms with Crippen LogP contribution in [0.25, 0.3) is 0 Å². The van der Waals surface area contributed by atoms with Gasteiger partial charge in [-0.15, -0.1) is 0 Å². The maximum absolute atomic E-state index is 12.7. The number of hydrazone groups is 1. The first-order valence-electron chi connectivity index (χ1n) is 9.83. The molecular weight excluding hydrogens is 528 g/mol. The van der Waals surface area contributed by atoms with E-state index in [1.165, 1.54) is 26.5 Å². The molecular formula is C24H20BrClN2O6. The minimum absolute atomic E-state index is 0.246. The van der Waals surface area contributed by atoms with Gasteiger partial charge in [0.2, 0.25) is 0 Å². The fourth-order valence-corrected chi connectivity index (χ4v) is 3.31. The third-order valence-corrected chi connectivity index (χ3v) is 5.08. The van der Waals surface area contributed by atoms with Crippen molar-refractivity contribution in [2.45, 2.75) is 0 Å². The van der Waals surface area contributed by atoms with Crippen LogP contribution >= 0.6 is 27.5 Å². The average Bonchev–Trinajstić information content (AvgIpc) is 2.83. The number of carbonyl (C=O) groups excluding carboxylic acids is 2. The Morgan fingerprint density at radius 1 is 1.00 bits per heavy atom. The van der Waals surface area contributed by atoms with Gasteiger partial charge >= 0.3 is 5.97 Å². The molecule has 0 fully saturated rings. The van der Waals surface area contributed by atoms with Gasteiger partial charge in [-0.3, -0.25) is 4.79 Å². The highest BCUT2D eigenvalue weighted by atomic mass is 79.9. The Balaban J connectivity index is 1.65. The highest BCUT2D eigenvalue weighted by Gasteiger charge is 2.15. The summed E-state index contributed by atoms with van der Waals surface area (Å²) in [4.78, 5) is 24.7. The number of benzene rings is 3. The van der Waals surface area contributed by atoms with E-state index in [0.29, 0.717) is 27.8 Å². The van der Waals surface area contributed by atoms with E-state index in [9.17, 15) is 9.59 Å². The molecule has 0 aliphatic rings. The average molecular weight is 548 g/mol. The monoisotopic (exact) mass is 546 g/mol. The van der Waals surface area contributed by atoms with Crippen molar-refractivity contribution >= 4 is 45.6 Å². The zero-order valence-corrected chi connectivity index (χ0v) is 20.6. The Hall–Kier alpha value is -3.56. The van der Waals surface area contributed by atoms with Crippen molar-refractivity contribution in [3.05, 3.63) is 81.3 Å². The molecule has 3 aromatic carbocycles. The first-order chi connectivity index (χ1) is 16.4. The molecule has 0 unspecified atom stereocenters. The zero-order valence-electron chi connectivity index (χ0n) is 18.2. The van der Waals surface area contributed by atoms with E-state index >= 15 is 0 Å². The summed E-state index contributed by atoms with van der Waals surface area (Å²) < 4.78 is 22.0. The Bertz CT molecular complexity index is 1220. The molecule has 0 saturated heterocycles. The fourth-order valence-electron chi connectivity index (χ4n) is 2.75. The molecule has 0 atom stereocenters. The Labute approximate surface area is 209 Å². The second kappa shape index (κ2) is 12.1. The normalized spacial score (nSPS) is 10.6. The highest BCUT2D eigenvalue weighted by Crippen LogP contribution is 2.29. The molecule has 0 spiro atoms. The molecule has 0 aromatic heterocycles. The smallest absolute Gasteiger partial charge is 0.343 e. The number of hydrogen-bond donors (Lipinski definition) is 1. The lowest BCUT2D eigenvalue weighted by Crippen LogP contribution is -2.24. The molecule has 3 rings (SSSR count). The third kappa shape index (κ3) is 6.97. The van der Waals surface area contributed by atoms with Crippen molar-refractivity contribution in [1.29, 1.82) is 0 Å². The van der Waals surface area contributed by atoms with E-state index < -0.39 is 11.9 Å². The van der Waals surface area contributed by atoms with Crippen molar-refractivity contribution < 1.29 is 28.5 Å². The summed E-state index contributed by atoms with van der Waals surface area (Å²) in [6.45, 7) is -0.253. The van der Waals surface area contributed by atoms with Crippen molar-refractivity contribution in [3.8, 4) is 23.0 Å². The number of methoxy groups -OCH3 is 2. The van der Waals surface area contributed by atoms with Gasteiger partial charge in [0, 0.05) is 15.1 Å². The van der Waals surface area contributed by atoms with Crippen LogP contribution in [-0.2, 0) is 4.79 Å². The summed E-state index contributed by atoms with van der Waals surface area (Å²) in [6, 6.07) is 16.4. The van der Waals surface area contributed by atoms with Gasteiger partial charge in [-0.05, 0) is 54.6 Å². The van der Waals surface area contributed by atoms with E-state index in [-0.39, 0.29) is 17.9 Å². The molecule has 0 aliphatic heterocycles. The molecule has 3 aromatic rings. The predicted molar refractivity (Wildman–Crippen MR) is 131 cm³/mol. The summed E-state index contributed by atoms with van der Waals surface area (Å²) in [5.74, 6) is 0.522. The highest BCUT2D eigenvalue weighted by molar-refractivity contribution is 9.10. The van der Waals surface area contributed by atoms with Crippen LogP contribution in [0.3, 0.4) is 0 Å². The maximum Gasteiger partial charge on any atom is 0.343 e. The molecule has 34 heavy (non-hydrogen) atoms. The quantitative estimate of drug-likeness (QED) is 0.178. The molecule has 0 radical (unpaired) electrons. The fraction of sp³-hybridized carbons (Fsp3) is 0.125. The molecule has 176 valence electrons. The lowest BCUT2D eigenvalue weighted by molar-refractivity contribution is -0.123. The lowest BCUT2D eigenvalue weighted by Gasteiger charge is -2.11. The van der Waals surface area contributed by atoms with Crippen LogP contribution in [-0.4, -0.2) is 38.9 Å². The predicted octanol–water partition coefficient (Wildman–Crippen LogP) is 4.87. The lowest BCUT2D eigenvalue weighted by atomic mass is 10.2. The standard InChI is InChI=1S/C24H20BrClN2O6/c1-31-21-8-6-15(11-22(21)32-2)24(30)34-20-9-7-17(25)10-16(20)13-27-28-23(29)14-33-19-5-3-4-18(26)12-19/h3-13H,14H2,1-2H3,(H,28,29)/b27-13+. The van der Waals surface area contributed by atoms with Gasteiger partial charge in [0.1, 0.15) is 11.5 Å². The Kier molecular flexibility index (Phi) is 8.89. The summed E-state index contributed by atoms with van der Waals surface area (Å²) in [5, 5.41) is 4.42. The van der Waals surface area contributed by atoms with Crippen LogP contribution in [0.1, 0.15) is 15.9 Å². The molecule has 0 aliphatic carbocycles. The maximum atomic E-state index is 12.7. The summed E-state index contributed by atoms with van der Waals surface area (Å²) in [5.41, 5.74) is 3.09. The number of hydrogen-bond acceptors (Lipinski definition) is 7. The summed E-state index contributed by atoms with van der Waals surface area (Å²) in [6.07, 6.45) is 1.36. The van der Waals surface area contributed by atoms with E-state index in [0.717, 1.165) is 4.47 Å². The number of esters is 1. The van der Waals surface area contributed by atoms with Crippen LogP contribution in [0, 0.1) is 0 Å². The van der Waals surface area contributed by atoms with Crippen molar-refractivity contribution in [2.75, 3.05) is 20.8 Å². The molecule has 1 amide bonds. The summed E-state index contributed by atoms with van der Waals surface area (Å²) >= 11 is 9.26. The molecule has 1 N–H and O–H groups in total. The van der Waals surface area contributed by atoms with E-state index in [2.05, 4.69) is 26.5 Å². The Morgan fingerprint density at radius 3 is 2.50 bits per heavy atom. The molecule has 0 heterocycles. The largest absolute Gasteiger partial charge is 0.493 e. The van der Waals surface area contributed by atoms with Gasteiger partial charge < -0.3 is 18.9 Å².